The lowest BCUT2D eigenvalue weighted by molar-refractivity contribution is 0.0997. The molecule has 9 heteroatoms. The van der Waals surface area contributed by atoms with Gasteiger partial charge < -0.3 is 16.0 Å². The number of rotatable bonds is 3. The normalized spacial score (nSPS) is 10.8. The average Bonchev–Trinajstić information content (AvgIpc) is 3.03. The number of fused-ring (bicyclic) bond motifs is 1. The molecule has 0 aliphatic heterocycles. The van der Waals surface area contributed by atoms with E-state index in [0.717, 1.165) is 0 Å². The van der Waals surface area contributed by atoms with Crippen LogP contribution in [0.25, 0.3) is 11.0 Å². The van der Waals surface area contributed by atoms with Crippen molar-refractivity contribution >= 4 is 44.5 Å². The minimum absolute atomic E-state index is 0.0936. The Bertz CT molecular complexity index is 897. The number of primary amides is 1. The van der Waals surface area contributed by atoms with Crippen LogP contribution in [0.1, 0.15) is 21.0 Å². The van der Waals surface area contributed by atoms with Gasteiger partial charge >= 0.3 is 0 Å². The van der Waals surface area contributed by atoms with Crippen LogP contribution in [-0.4, -0.2) is 31.6 Å². The molecule has 0 fully saturated rings. The molecule has 0 aliphatic carbocycles. The molecule has 0 aromatic carbocycles. The molecular formula is C13H11BrN6O2. The van der Waals surface area contributed by atoms with E-state index < -0.39 is 11.8 Å². The quantitative estimate of drug-likeness (QED) is 0.652. The highest BCUT2D eigenvalue weighted by Crippen LogP contribution is 2.29. The first-order chi connectivity index (χ1) is 10.5. The number of hydrogen-bond donors (Lipinski definition) is 3. The van der Waals surface area contributed by atoms with Crippen molar-refractivity contribution in [3.8, 4) is 0 Å². The molecule has 0 saturated heterocycles. The maximum absolute atomic E-state index is 12.3. The number of nitrogens with one attached hydrogen (secondary N) is 2. The average molecular weight is 363 g/mol. The number of nitrogens with zero attached hydrogens (tertiary/aromatic N) is 3. The monoisotopic (exact) mass is 362 g/mol. The van der Waals surface area contributed by atoms with Gasteiger partial charge in [-0.15, -0.1) is 0 Å². The summed E-state index contributed by atoms with van der Waals surface area (Å²) in [6.07, 6.45) is 3.09. The Morgan fingerprint density at radius 1 is 1.45 bits per heavy atom. The highest BCUT2D eigenvalue weighted by Gasteiger charge is 2.20. The van der Waals surface area contributed by atoms with Crippen LogP contribution in [0.3, 0.4) is 0 Å². The summed E-state index contributed by atoms with van der Waals surface area (Å²) in [6, 6.07) is 3.31. The Labute approximate surface area is 132 Å². The maximum Gasteiger partial charge on any atom is 0.273 e. The molecule has 22 heavy (non-hydrogen) atoms. The first kappa shape index (κ1) is 14.3. The third-order valence-corrected chi connectivity index (χ3v) is 3.59. The number of aryl methyl sites for hydroxylation is 1. The Morgan fingerprint density at radius 2 is 2.23 bits per heavy atom. The molecule has 0 unspecified atom stereocenters. The Hall–Kier alpha value is -2.68. The van der Waals surface area contributed by atoms with E-state index in [1.165, 1.54) is 10.9 Å². The zero-order chi connectivity index (χ0) is 15.9. The lowest BCUT2D eigenvalue weighted by atomic mass is 10.2. The Balaban J connectivity index is 2.10. The van der Waals surface area contributed by atoms with Crippen molar-refractivity contribution < 1.29 is 9.59 Å². The van der Waals surface area contributed by atoms with Crippen molar-refractivity contribution in [1.82, 2.24) is 19.7 Å². The van der Waals surface area contributed by atoms with Crippen molar-refractivity contribution in [2.45, 2.75) is 0 Å². The number of aromatic nitrogens is 4. The summed E-state index contributed by atoms with van der Waals surface area (Å²) in [5.41, 5.74) is 6.56. The van der Waals surface area contributed by atoms with Gasteiger partial charge in [0.1, 0.15) is 17.0 Å². The second-order valence-corrected chi connectivity index (χ2v) is 5.50. The fourth-order valence-electron chi connectivity index (χ4n) is 2.13. The zero-order valence-corrected chi connectivity index (χ0v) is 13.0. The van der Waals surface area contributed by atoms with Gasteiger partial charge in [-0.1, -0.05) is 0 Å². The van der Waals surface area contributed by atoms with E-state index in [-0.39, 0.29) is 5.69 Å². The summed E-state index contributed by atoms with van der Waals surface area (Å²) in [6.45, 7) is 0. The second-order valence-electron chi connectivity index (χ2n) is 4.58. The third-order valence-electron chi connectivity index (χ3n) is 3.16. The number of carbonyl (C=O) groups is 2. The molecule has 2 amide bonds. The van der Waals surface area contributed by atoms with Gasteiger partial charge in [0.2, 0.25) is 0 Å². The van der Waals surface area contributed by atoms with Crippen LogP contribution in [0.5, 0.6) is 0 Å². The van der Waals surface area contributed by atoms with E-state index in [1.54, 1.807) is 25.4 Å². The van der Waals surface area contributed by atoms with Crippen LogP contribution >= 0.6 is 15.9 Å². The van der Waals surface area contributed by atoms with Gasteiger partial charge in [0.25, 0.3) is 11.8 Å². The molecule has 3 aromatic heterocycles. The smallest absolute Gasteiger partial charge is 0.273 e. The van der Waals surface area contributed by atoms with E-state index in [0.29, 0.717) is 26.9 Å². The van der Waals surface area contributed by atoms with E-state index in [4.69, 9.17) is 5.73 Å². The maximum atomic E-state index is 12.3. The summed E-state index contributed by atoms with van der Waals surface area (Å²) < 4.78 is 2.15. The first-order valence-electron chi connectivity index (χ1n) is 6.23. The van der Waals surface area contributed by atoms with Gasteiger partial charge in [-0.05, 0) is 28.1 Å². The van der Waals surface area contributed by atoms with Gasteiger partial charge in [0, 0.05) is 29.3 Å². The van der Waals surface area contributed by atoms with Gasteiger partial charge in [-0.2, -0.15) is 5.10 Å². The van der Waals surface area contributed by atoms with Crippen molar-refractivity contribution in [2.75, 3.05) is 5.32 Å². The molecule has 3 heterocycles. The summed E-state index contributed by atoms with van der Waals surface area (Å²) >= 11 is 3.31. The minimum Gasteiger partial charge on any atom is -0.364 e. The highest BCUT2D eigenvalue weighted by molar-refractivity contribution is 9.10. The molecule has 4 N–H and O–H groups in total. The number of amides is 2. The molecule has 0 atom stereocenters. The van der Waals surface area contributed by atoms with Gasteiger partial charge in [0.05, 0.1) is 5.69 Å². The fraction of sp³-hybridized carbons (Fsp3) is 0.0769. The van der Waals surface area contributed by atoms with Crippen molar-refractivity contribution in [3.05, 3.63) is 40.4 Å². The molecule has 0 radical (unpaired) electrons. The lowest BCUT2D eigenvalue weighted by Crippen LogP contribution is -2.19. The highest BCUT2D eigenvalue weighted by atomic mass is 79.9. The van der Waals surface area contributed by atoms with Crippen LogP contribution in [0.15, 0.2) is 29.0 Å². The van der Waals surface area contributed by atoms with Crippen LogP contribution in [0, 0.1) is 0 Å². The molecule has 0 bridgehead atoms. The number of anilines is 1. The predicted molar refractivity (Wildman–Crippen MR) is 83.5 cm³/mol. The standard InChI is InChI=1S/C13H11BrN6O2/c1-20-8(2-3-17-20)13(22)19-9-7-4-6(14)5-16-12(7)18-10(9)11(15)21/h2-5H,1H3,(H2,15,21)(H,16,18)(H,19,22). The molecule has 0 aliphatic rings. The van der Waals surface area contributed by atoms with E-state index in [2.05, 4.69) is 36.3 Å². The molecule has 8 nitrogen and oxygen atoms in total. The minimum atomic E-state index is -0.686. The lowest BCUT2D eigenvalue weighted by Gasteiger charge is -2.06. The summed E-state index contributed by atoms with van der Waals surface area (Å²) in [5, 5.41) is 7.21. The first-order valence-corrected chi connectivity index (χ1v) is 7.03. The number of carbonyl (C=O) groups excluding carboxylic acids is 2. The van der Waals surface area contributed by atoms with Gasteiger partial charge in [-0.25, -0.2) is 4.98 Å². The van der Waals surface area contributed by atoms with Crippen LogP contribution in [-0.2, 0) is 7.05 Å². The van der Waals surface area contributed by atoms with Crippen molar-refractivity contribution in [2.24, 2.45) is 12.8 Å². The van der Waals surface area contributed by atoms with Crippen molar-refractivity contribution in [1.29, 1.82) is 0 Å². The Kier molecular flexibility index (Phi) is 3.41. The van der Waals surface area contributed by atoms with E-state index in [9.17, 15) is 9.59 Å². The van der Waals surface area contributed by atoms with Crippen molar-refractivity contribution in [3.63, 3.8) is 0 Å². The number of pyridine rings is 1. The fourth-order valence-corrected chi connectivity index (χ4v) is 2.47. The number of aromatic amines is 1. The topological polar surface area (TPSA) is 119 Å². The van der Waals surface area contributed by atoms with Crippen LogP contribution in [0.2, 0.25) is 0 Å². The number of nitrogens with two attached hydrogens (primary N) is 1. The molecule has 3 rings (SSSR count). The van der Waals surface area contributed by atoms with Gasteiger partial charge in [-0.3, -0.25) is 14.3 Å². The number of H-pyrrole nitrogens is 1. The molecule has 0 spiro atoms. The van der Waals surface area contributed by atoms with E-state index >= 15 is 0 Å². The summed E-state index contributed by atoms with van der Waals surface area (Å²) in [7, 11) is 1.65. The number of halogens is 1. The van der Waals surface area contributed by atoms with E-state index in [1.807, 2.05) is 0 Å². The SMILES string of the molecule is Cn1nccc1C(=O)Nc1c(C(N)=O)[nH]c2ncc(Br)cc12. The summed E-state index contributed by atoms with van der Waals surface area (Å²) in [4.78, 5) is 30.9. The van der Waals surface area contributed by atoms with Gasteiger partial charge in [0.15, 0.2) is 0 Å². The zero-order valence-electron chi connectivity index (χ0n) is 11.4. The second kappa shape index (κ2) is 5.26. The molecule has 3 aromatic rings. The molecular weight excluding hydrogens is 352 g/mol. The summed E-state index contributed by atoms with van der Waals surface area (Å²) in [5.74, 6) is -1.09. The van der Waals surface area contributed by atoms with Crippen LogP contribution in [0.4, 0.5) is 5.69 Å². The predicted octanol–water partition coefficient (Wildman–Crippen LogP) is 1.41. The Morgan fingerprint density at radius 3 is 2.86 bits per heavy atom. The largest absolute Gasteiger partial charge is 0.364 e. The third kappa shape index (κ3) is 2.35. The number of hydrogen-bond acceptors (Lipinski definition) is 4. The van der Waals surface area contributed by atoms with Crippen LogP contribution < -0.4 is 11.1 Å². The molecule has 0 saturated carbocycles. The molecule has 112 valence electrons.